The Morgan fingerprint density at radius 1 is 1.30 bits per heavy atom. The van der Waals surface area contributed by atoms with Gasteiger partial charge >= 0.3 is 0 Å². The van der Waals surface area contributed by atoms with Crippen LogP contribution in [0, 0.1) is 11.3 Å². The molecule has 0 unspecified atom stereocenters. The van der Waals surface area contributed by atoms with Gasteiger partial charge in [-0.3, -0.25) is 0 Å². The van der Waals surface area contributed by atoms with Crippen LogP contribution in [0.1, 0.15) is 25.7 Å². The van der Waals surface area contributed by atoms with Gasteiger partial charge in [-0.1, -0.05) is 15.9 Å². The normalized spacial score (nSPS) is 20.1. The lowest BCUT2D eigenvalue weighted by Gasteiger charge is -2.14. The second kappa shape index (κ2) is 4.28. The molecule has 5 nitrogen and oxygen atoms in total. The zero-order chi connectivity index (χ0) is 13.7. The molecule has 0 aliphatic heterocycles. The highest BCUT2D eigenvalue weighted by atomic mass is 79.9. The van der Waals surface area contributed by atoms with Crippen molar-refractivity contribution >= 4 is 21.6 Å². The van der Waals surface area contributed by atoms with E-state index in [2.05, 4.69) is 31.5 Å². The fourth-order valence-corrected chi connectivity index (χ4v) is 3.62. The average molecular weight is 334 g/mol. The highest BCUT2D eigenvalue weighted by Crippen LogP contribution is 2.62. The minimum Gasteiger partial charge on any atom is -0.399 e. The molecule has 4 rings (SSSR count). The van der Waals surface area contributed by atoms with Gasteiger partial charge in [-0.25, -0.2) is 4.68 Å². The maximum atomic E-state index is 5.91. The van der Waals surface area contributed by atoms with E-state index in [0.717, 1.165) is 28.3 Å². The molecule has 1 heterocycles. The van der Waals surface area contributed by atoms with Crippen molar-refractivity contribution < 1.29 is 0 Å². The topological polar surface area (TPSA) is 69.6 Å². The van der Waals surface area contributed by atoms with E-state index in [-0.39, 0.29) is 0 Å². The number of nitrogen functional groups attached to an aromatic ring is 1. The van der Waals surface area contributed by atoms with Crippen LogP contribution in [0.2, 0.25) is 0 Å². The van der Waals surface area contributed by atoms with Crippen molar-refractivity contribution in [3.05, 3.63) is 22.7 Å². The largest absolute Gasteiger partial charge is 0.399 e. The van der Waals surface area contributed by atoms with Gasteiger partial charge in [0.25, 0.3) is 0 Å². The molecule has 2 aromatic rings. The zero-order valence-corrected chi connectivity index (χ0v) is 12.7. The highest BCUT2D eigenvalue weighted by molar-refractivity contribution is 9.10. The molecule has 1 aromatic carbocycles. The predicted molar refractivity (Wildman–Crippen MR) is 79.8 cm³/mol. The highest BCUT2D eigenvalue weighted by Gasteiger charge is 2.54. The maximum absolute atomic E-state index is 5.91. The van der Waals surface area contributed by atoms with Crippen molar-refractivity contribution in [2.75, 3.05) is 5.73 Å². The summed E-state index contributed by atoms with van der Waals surface area (Å²) in [5.74, 6) is 1.71. The van der Waals surface area contributed by atoms with Gasteiger partial charge < -0.3 is 5.73 Å². The fourth-order valence-electron chi connectivity index (χ4n) is 3.11. The van der Waals surface area contributed by atoms with E-state index in [9.17, 15) is 0 Å². The zero-order valence-electron chi connectivity index (χ0n) is 11.1. The summed E-state index contributed by atoms with van der Waals surface area (Å²) >= 11 is 3.47. The summed E-state index contributed by atoms with van der Waals surface area (Å²) in [7, 11) is 0. The van der Waals surface area contributed by atoms with Gasteiger partial charge in [-0.05, 0) is 65.6 Å². The van der Waals surface area contributed by atoms with Crippen molar-refractivity contribution in [1.29, 1.82) is 0 Å². The number of nitrogens with zero attached hydrogens (tertiary/aromatic N) is 4. The number of halogens is 1. The van der Waals surface area contributed by atoms with Crippen LogP contribution in [0.15, 0.2) is 22.7 Å². The number of aromatic nitrogens is 4. The average Bonchev–Trinajstić information content (AvgIpc) is 3.27. The van der Waals surface area contributed by atoms with Gasteiger partial charge in [-0.2, -0.15) is 0 Å². The SMILES string of the molecule is Nc1cc(Br)cc(-c2nnnn2CC2(C3CC3)CC2)c1. The molecule has 0 amide bonds. The standard InChI is InChI=1S/C14H16BrN5/c15-11-5-9(6-12(16)7-11)13-17-18-19-20(13)8-14(3-4-14)10-1-2-10/h5-7,10H,1-4,8,16H2. The number of tetrazole rings is 1. The fraction of sp³-hybridized carbons (Fsp3) is 0.500. The van der Waals surface area contributed by atoms with E-state index in [0.29, 0.717) is 11.1 Å². The van der Waals surface area contributed by atoms with E-state index in [4.69, 9.17) is 5.73 Å². The molecule has 2 fully saturated rings. The molecule has 0 spiro atoms. The number of nitrogens with two attached hydrogens (primary N) is 1. The quantitative estimate of drug-likeness (QED) is 0.873. The van der Waals surface area contributed by atoms with Crippen LogP contribution in [0.25, 0.3) is 11.4 Å². The first-order chi connectivity index (χ1) is 9.66. The van der Waals surface area contributed by atoms with Gasteiger partial charge in [0.1, 0.15) is 0 Å². The van der Waals surface area contributed by atoms with Crippen LogP contribution >= 0.6 is 15.9 Å². The molecule has 2 aliphatic rings. The second-order valence-electron chi connectivity index (χ2n) is 6.07. The number of anilines is 1. The third kappa shape index (κ3) is 2.12. The van der Waals surface area contributed by atoms with E-state index in [1.165, 1.54) is 25.7 Å². The lowest BCUT2D eigenvalue weighted by atomic mass is 10.0. The predicted octanol–water partition coefficient (Wildman–Crippen LogP) is 2.88. The van der Waals surface area contributed by atoms with Crippen molar-refractivity contribution in [1.82, 2.24) is 20.2 Å². The van der Waals surface area contributed by atoms with Crippen LogP contribution in [-0.4, -0.2) is 20.2 Å². The molecule has 0 saturated heterocycles. The molecule has 0 bridgehead atoms. The number of hydrogen-bond acceptors (Lipinski definition) is 4. The third-order valence-electron chi connectivity index (χ3n) is 4.51. The minimum atomic E-state index is 0.474. The summed E-state index contributed by atoms with van der Waals surface area (Å²) in [6.07, 6.45) is 5.39. The second-order valence-corrected chi connectivity index (χ2v) is 6.99. The summed E-state index contributed by atoms with van der Waals surface area (Å²) in [5.41, 5.74) is 8.06. The molecule has 2 aliphatic carbocycles. The van der Waals surface area contributed by atoms with Gasteiger partial charge in [0, 0.05) is 15.7 Å². The Morgan fingerprint density at radius 2 is 2.10 bits per heavy atom. The van der Waals surface area contributed by atoms with Crippen LogP contribution in [-0.2, 0) is 6.54 Å². The van der Waals surface area contributed by atoms with Gasteiger partial charge in [-0.15, -0.1) is 5.10 Å². The molecule has 6 heteroatoms. The minimum absolute atomic E-state index is 0.474. The maximum Gasteiger partial charge on any atom is 0.182 e. The molecule has 104 valence electrons. The van der Waals surface area contributed by atoms with Crippen LogP contribution in [0.3, 0.4) is 0 Å². The van der Waals surface area contributed by atoms with E-state index < -0.39 is 0 Å². The Kier molecular flexibility index (Phi) is 2.64. The van der Waals surface area contributed by atoms with Gasteiger partial charge in [0.15, 0.2) is 5.82 Å². The molecule has 2 saturated carbocycles. The molecular formula is C14H16BrN5. The first-order valence-corrected chi connectivity index (χ1v) is 7.78. The molecule has 20 heavy (non-hydrogen) atoms. The van der Waals surface area contributed by atoms with Crippen molar-refractivity contribution in [2.45, 2.75) is 32.2 Å². The van der Waals surface area contributed by atoms with Crippen molar-refractivity contribution in [3.63, 3.8) is 0 Å². The smallest absolute Gasteiger partial charge is 0.182 e. The number of hydrogen-bond donors (Lipinski definition) is 1. The summed E-state index contributed by atoms with van der Waals surface area (Å²) in [6, 6.07) is 5.81. The van der Waals surface area contributed by atoms with Crippen LogP contribution in [0.5, 0.6) is 0 Å². The third-order valence-corrected chi connectivity index (χ3v) is 4.97. The first kappa shape index (κ1) is 12.3. The van der Waals surface area contributed by atoms with Crippen LogP contribution in [0.4, 0.5) is 5.69 Å². The summed E-state index contributed by atoms with van der Waals surface area (Å²) in [4.78, 5) is 0. The Balaban J connectivity index is 1.67. The lowest BCUT2D eigenvalue weighted by molar-refractivity contribution is 0.348. The lowest BCUT2D eigenvalue weighted by Crippen LogP contribution is -2.16. The van der Waals surface area contributed by atoms with E-state index in [1.807, 2.05) is 22.9 Å². The van der Waals surface area contributed by atoms with Gasteiger partial charge in [0.05, 0.1) is 6.54 Å². The Hall–Kier alpha value is -1.43. The Morgan fingerprint density at radius 3 is 2.75 bits per heavy atom. The first-order valence-electron chi connectivity index (χ1n) is 6.99. The van der Waals surface area contributed by atoms with Crippen molar-refractivity contribution in [2.24, 2.45) is 11.3 Å². The molecule has 2 N–H and O–H groups in total. The Bertz CT molecular complexity index is 637. The number of benzene rings is 1. The summed E-state index contributed by atoms with van der Waals surface area (Å²) in [6.45, 7) is 0.937. The van der Waals surface area contributed by atoms with Crippen molar-refractivity contribution in [3.8, 4) is 11.4 Å². The van der Waals surface area contributed by atoms with Gasteiger partial charge in [0.2, 0.25) is 0 Å². The molecule has 0 atom stereocenters. The summed E-state index contributed by atoms with van der Waals surface area (Å²) < 4.78 is 2.90. The molecular weight excluding hydrogens is 318 g/mol. The Labute approximate surface area is 125 Å². The molecule has 0 radical (unpaired) electrons. The molecule has 1 aromatic heterocycles. The summed E-state index contributed by atoms with van der Waals surface area (Å²) in [5, 5.41) is 12.2. The van der Waals surface area contributed by atoms with E-state index >= 15 is 0 Å². The number of rotatable bonds is 4. The monoisotopic (exact) mass is 333 g/mol. The van der Waals surface area contributed by atoms with Crippen LogP contribution < -0.4 is 5.73 Å². The van der Waals surface area contributed by atoms with E-state index in [1.54, 1.807) is 0 Å².